The minimum absolute atomic E-state index is 0.0156. The van der Waals surface area contributed by atoms with Gasteiger partial charge in [0.05, 0.1) is 23.6 Å². The van der Waals surface area contributed by atoms with E-state index >= 15 is 0 Å². The quantitative estimate of drug-likeness (QED) is 0.687. The van der Waals surface area contributed by atoms with Crippen LogP contribution in [0.15, 0.2) is 60.9 Å². The van der Waals surface area contributed by atoms with E-state index in [9.17, 15) is 18.0 Å². The van der Waals surface area contributed by atoms with Crippen LogP contribution >= 0.6 is 0 Å². The van der Waals surface area contributed by atoms with Crippen molar-refractivity contribution in [3.63, 3.8) is 0 Å². The predicted molar refractivity (Wildman–Crippen MR) is 103 cm³/mol. The number of carbonyl (C=O) groups is 1. The minimum atomic E-state index is -4.49. The van der Waals surface area contributed by atoms with Crippen molar-refractivity contribution in [1.29, 1.82) is 0 Å². The van der Waals surface area contributed by atoms with Crippen LogP contribution in [0, 0.1) is 0 Å². The fraction of sp³-hybridized carbons (Fsp3) is 0.190. The Morgan fingerprint density at radius 3 is 2.52 bits per heavy atom. The van der Waals surface area contributed by atoms with Crippen LogP contribution in [0.4, 0.5) is 30.4 Å². The highest BCUT2D eigenvalue weighted by Gasteiger charge is 2.34. The Morgan fingerprint density at radius 1 is 1.07 bits per heavy atom. The van der Waals surface area contributed by atoms with Gasteiger partial charge in [-0.05, 0) is 37.1 Å². The number of hydrogen-bond donors (Lipinski definition) is 1. The van der Waals surface area contributed by atoms with Crippen LogP contribution in [-0.4, -0.2) is 21.9 Å². The maximum Gasteiger partial charge on any atom is 0.418 e. The molecule has 0 bridgehead atoms. The van der Waals surface area contributed by atoms with Gasteiger partial charge in [0, 0.05) is 11.7 Å². The Morgan fingerprint density at radius 2 is 1.79 bits per heavy atom. The van der Waals surface area contributed by atoms with Crippen molar-refractivity contribution < 1.29 is 18.0 Å². The van der Waals surface area contributed by atoms with E-state index in [4.69, 9.17) is 0 Å². The van der Waals surface area contributed by atoms with Crippen molar-refractivity contribution in [2.24, 2.45) is 0 Å². The predicted octanol–water partition coefficient (Wildman–Crippen LogP) is 4.83. The number of halogens is 3. The largest absolute Gasteiger partial charge is 0.418 e. The summed E-state index contributed by atoms with van der Waals surface area (Å²) in [5.41, 5.74) is 1.12. The highest BCUT2D eigenvalue weighted by Crippen LogP contribution is 2.36. The summed E-state index contributed by atoms with van der Waals surface area (Å²) in [5, 5.41) is 2.62. The first-order valence-corrected chi connectivity index (χ1v) is 9.01. The van der Waals surface area contributed by atoms with E-state index in [1.165, 1.54) is 30.6 Å². The van der Waals surface area contributed by atoms with Crippen molar-refractivity contribution >= 4 is 23.1 Å². The molecule has 3 aromatic rings. The molecule has 0 saturated heterocycles. The number of amides is 1. The van der Waals surface area contributed by atoms with Crippen LogP contribution in [0.25, 0.3) is 0 Å². The van der Waals surface area contributed by atoms with Crippen LogP contribution in [0.5, 0.6) is 0 Å². The summed E-state index contributed by atoms with van der Waals surface area (Å²) >= 11 is 0. The zero-order valence-electron chi connectivity index (χ0n) is 15.4. The molecule has 0 fully saturated rings. The average Bonchev–Trinajstić information content (AvgIpc) is 3.03. The molecule has 1 N–H and O–H groups in total. The molecule has 1 unspecified atom stereocenters. The van der Waals surface area contributed by atoms with E-state index in [0.29, 0.717) is 0 Å². The van der Waals surface area contributed by atoms with Gasteiger partial charge in [-0.2, -0.15) is 13.2 Å². The number of nitrogens with one attached hydrogen (secondary N) is 1. The normalized spacial score (nSPS) is 15.9. The first kappa shape index (κ1) is 18.9. The second-order valence-corrected chi connectivity index (χ2v) is 6.81. The lowest BCUT2D eigenvalue weighted by Crippen LogP contribution is -2.36. The summed E-state index contributed by atoms with van der Waals surface area (Å²) < 4.78 is 39.4. The molecule has 2 heterocycles. The smallest absolute Gasteiger partial charge is 0.338 e. The van der Waals surface area contributed by atoms with Crippen LogP contribution in [0.2, 0.25) is 0 Å². The number of aromatic nitrogens is 2. The summed E-state index contributed by atoms with van der Waals surface area (Å²) in [6.07, 6.45) is -1.21. The molecule has 1 amide bonds. The van der Waals surface area contributed by atoms with Crippen LogP contribution in [-0.2, 0) is 12.6 Å². The molecular weight excluding hydrogens is 381 g/mol. The Bertz CT molecular complexity index is 1050. The maximum absolute atomic E-state index is 13.1. The third-order valence-corrected chi connectivity index (χ3v) is 4.79. The second-order valence-electron chi connectivity index (χ2n) is 6.81. The van der Waals surface area contributed by atoms with Gasteiger partial charge in [0.1, 0.15) is 11.5 Å². The number of carbonyl (C=O) groups excluding carboxylic acids is 1. The Labute approximate surface area is 165 Å². The van der Waals surface area contributed by atoms with Crippen molar-refractivity contribution in [1.82, 2.24) is 9.97 Å². The molecular formula is C21H17F3N4O. The van der Waals surface area contributed by atoms with Gasteiger partial charge < -0.3 is 10.2 Å². The maximum atomic E-state index is 13.1. The molecule has 1 aliphatic heterocycles. The molecule has 0 aliphatic carbocycles. The molecule has 4 rings (SSSR count). The first-order valence-electron chi connectivity index (χ1n) is 9.01. The van der Waals surface area contributed by atoms with Crippen molar-refractivity contribution in [2.45, 2.75) is 25.6 Å². The number of rotatable bonds is 3. The van der Waals surface area contributed by atoms with Gasteiger partial charge in [0.15, 0.2) is 0 Å². The van der Waals surface area contributed by atoms with Crippen molar-refractivity contribution in [3.05, 3.63) is 77.7 Å². The molecule has 1 aliphatic rings. The standard InChI is InChI=1S/C21H17F3N4O/c1-13-10-14-6-2-5-9-18(14)28(13)20(29)17-11-26-19(12-25-17)27-16-8-4-3-7-15(16)21(22,23)24/h2-9,11-13H,10H2,1H3,(H,26,27). The van der Waals surface area contributed by atoms with Crippen molar-refractivity contribution in [2.75, 3.05) is 10.2 Å². The summed E-state index contributed by atoms with van der Waals surface area (Å²) in [5.74, 6) is -0.176. The van der Waals surface area contributed by atoms with Crippen LogP contribution in [0.1, 0.15) is 28.5 Å². The van der Waals surface area contributed by atoms with Crippen molar-refractivity contribution in [3.8, 4) is 0 Å². The highest BCUT2D eigenvalue weighted by molar-refractivity contribution is 6.06. The number of fused-ring (bicyclic) bond motifs is 1. The molecule has 0 spiro atoms. The lowest BCUT2D eigenvalue weighted by atomic mass is 10.1. The molecule has 29 heavy (non-hydrogen) atoms. The first-order chi connectivity index (χ1) is 13.8. The minimum Gasteiger partial charge on any atom is -0.338 e. The summed E-state index contributed by atoms with van der Waals surface area (Å²) in [7, 11) is 0. The zero-order chi connectivity index (χ0) is 20.6. The highest BCUT2D eigenvalue weighted by atomic mass is 19.4. The van der Waals surface area contributed by atoms with Crippen LogP contribution in [0.3, 0.4) is 0 Å². The number of para-hydroxylation sites is 2. The molecule has 0 radical (unpaired) electrons. The zero-order valence-corrected chi connectivity index (χ0v) is 15.4. The monoisotopic (exact) mass is 398 g/mol. The van der Waals surface area contributed by atoms with Gasteiger partial charge in [0.25, 0.3) is 5.91 Å². The number of anilines is 3. The third kappa shape index (κ3) is 3.65. The lowest BCUT2D eigenvalue weighted by molar-refractivity contribution is -0.136. The summed E-state index contributed by atoms with van der Waals surface area (Å²) in [6, 6.07) is 12.8. The van der Waals surface area contributed by atoms with Gasteiger partial charge in [-0.25, -0.2) is 9.97 Å². The van der Waals surface area contributed by atoms with Gasteiger partial charge in [-0.3, -0.25) is 4.79 Å². The summed E-state index contributed by atoms with van der Waals surface area (Å²) in [6.45, 7) is 1.95. The van der Waals surface area contributed by atoms with E-state index in [0.717, 1.165) is 23.7 Å². The second kappa shape index (κ2) is 7.20. The Balaban J connectivity index is 1.56. The van der Waals surface area contributed by atoms with E-state index < -0.39 is 11.7 Å². The fourth-order valence-electron chi connectivity index (χ4n) is 3.48. The van der Waals surface area contributed by atoms with E-state index in [-0.39, 0.29) is 29.1 Å². The number of hydrogen-bond acceptors (Lipinski definition) is 4. The Kier molecular flexibility index (Phi) is 4.70. The third-order valence-electron chi connectivity index (χ3n) is 4.79. The van der Waals surface area contributed by atoms with E-state index in [1.54, 1.807) is 4.90 Å². The summed E-state index contributed by atoms with van der Waals surface area (Å²) in [4.78, 5) is 22.8. The number of benzene rings is 2. The molecule has 5 nitrogen and oxygen atoms in total. The molecule has 1 atom stereocenters. The number of nitrogens with zero attached hydrogens (tertiary/aromatic N) is 3. The molecule has 8 heteroatoms. The molecule has 148 valence electrons. The lowest BCUT2D eigenvalue weighted by Gasteiger charge is -2.22. The molecule has 2 aromatic carbocycles. The van der Waals surface area contributed by atoms with E-state index in [2.05, 4.69) is 15.3 Å². The Hall–Kier alpha value is -3.42. The number of alkyl halides is 3. The SMILES string of the molecule is CC1Cc2ccccc2N1C(=O)c1cnc(Nc2ccccc2C(F)(F)F)cn1. The van der Waals surface area contributed by atoms with E-state index in [1.807, 2.05) is 31.2 Å². The topological polar surface area (TPSA) is 58.1 Å². The van der Waals surface area contributed by atoms with Crippen LogP contribution < -0.4 is 10.2 Å². The molecule has 1 aromatic heterocycles. The molecule has 0 saturated carbocycles. The average molecular weight is 398 g/mol. The van der Waals surface area contributed by atoms with Gasteiger partial charge in [-0.1, -0.05) is 30.3 Å². The van der Waals surface area contributed by atoms with Gasteiger partial charge in [-0.15, -0.1) is 0 Å². The fourth-order valence-corrected chi connectivity index (χ4v) is 3.48. The van der Waals surface area contributed by atoms with Gasteiger partial charge >= 0.3 is 6.18 Å². The van der Waals surface area contributed by atoms with Gasteiger partial charge in [0.2, 0.25) is 0 Å².